The Bertz CT molecular complexity index is 2490. The summed E-state index contributed by atoms with van der Waals surface area (Å²) < 4.78 is 2.78. The lowest BCUT2D eigenvalue weighted by Gasteiger charge is -2.38. The fourth-order valence-electron chi connectivity index (χ4n) is 16.8. The maximum absolute atomic E-state index is 5.57. The number of benzene rings is 3. The van der Waals surface area contributed by atoms with Crippen molar-refractivity contribution in [2.45, 2.75) is 132 Å². The minimum atomic E-state index is 0.678. The highest BCUT2D eigenvalue weighted by Gasteiger charge is 2.47. The molecule has 12 aliphatic rings. The Morgan fingerprint density at radius 2 is 1.00 bits per heavy atom. The molecular weight excluding hydrogens is 605 g/mol. The standard InChI is InChI=1S/C48H48N2/c1-2-40-44(42-32-12-24-4-25(13-32)7-28(6-24)35(1)42)39-19-31-18-36-29-8-22-3-23(9-29)11-30(10-22)37(36)20-38(31)45-46-41(50(40)48(39)45)21-49-47-34-16-26-5-27(17-34)15-33(14-26)43(46)47/h1-2,18-30,32-34H,3-17H2. The summed E-state index contributed by atoms with van der Waals surface area (Å²) in [5.74, 6) is 10.1. The van der Waals surface area contributed by atoms with Crippen LogP contribution in [0.3, 0.4) is 0 Å². The van der Waals surface area contributed by atoms with Gasteiger partial charge in [-0.25, -0.2) is 0 Å². The number of nitrogens with zero attached hydrogens (tertiary/aromatic N) is 2. The van der Waals surface area contributed by atoms with Gasteiger partial charge in [0, 0.05) is 33.2 Å². The zero-order valence-corrected chi connectivity index (χ0v) is 29.4. The Hall–Kier alpha value is -3.13. The molecule has 3 aromatic heterocycles. The molecule has 0 saturated heterocycles. The topological polar surface area (TPSA) is 17.3 Å². The summed E-state index contributed by atoms with van der Waals surface area (Å²) in [5, 5.41) is 9.64. The molecule has 0 aliphatic heterocycles. The second-order valence-electron chi connectivity index (χ2n) is 20.4. The highest BCUT2D eigenvalue weighted by atomic mass is 14.9. The molecule has 6 saturated carbocycles. The molecule has 12 bridgehead atoms. The van der Waals surface area contributed by atoms with Gasteiger partial charge in [0.2, 0.25) is 0 Å². The summed E-state index contributed by atoms with van der Waals surface area (Å²) in [6.07, 6.45) is 24.0. The van der Waals surface area contributed by atoms with E-state index < -0.39 is 0 Å². The molecule has 18 rings (SSSR count). The van der Waals surface area contributed by atoms with E-state index in [2.05, 4.69) is 40.9 Å². The maximum Gasteiger partial charge on any atom is 0.0728 e. The maximum atomic E-state index is 5.57. The first-order valence-corrected chi connectivity index (χ1v) is 21.3. The summed E-state index contributed by atoms with van der Waals surface area (Å²) in [6.45, 7) is 0. The molecule has 0 radical (unpaired) electrons. The molecular formula is C48H48N2. The number of hydrogen-bond donors (Lipinski definition) is 0. The molecule has 50 heavy (non-hydrogen) atoms. The monoisotopic (exact) mass is 652 g/mol. The molecule has 6 aromatic rings. The highest BCUT2D eigenvalue weighted by molar-refractivity contribution is 6.32. The molecule has 0 N–H and O–H groups in total. The van der Waals surface area contributed by atoms with Crippen LogP contribution < -0.4 is 0 Å². The minimum Gasteiger partial charge on any atom is -0.306 e. The third-order valence-corrected chi connectivity index (χ3v) is 17.9. The van der Waals surface area contributed by atoms with Crippen LogP contribution in [0.25, 0.3) is 48.9 Å². The van der Waals surface area contributed by atoms with E-state index in [-0.39, 0.29) is 0 Å². The number of fused-ring (bicyclic) bond motifs is 8. The average molecular weight is 653 g/mol. The van der Waals surface area contributed by atoms with Gasteiger partial charge in [-0.15, -0.1) is 0 Å². The lowest BCUT2D eigenvalue weighted by molar-refractivity contribution is 0.165. The van der Waals surface area contributed by atoms with Gasteiger partial charge in [-0.1, -0.05) is 12.1 Å². The number of pyridine rings is 1. The molecule has 6 atom stereocenters. The molecule has 3 aromatic carbocycles. The average Bonchev–Trinajstić information content (AvgIpc) is 3.41. The lowest BCUT2D eigenvalue weighted by Crippen LogP contribution is -2.25. The third kappa shape index (κ3) is 3.10. The van der Waals surface area contributed by atoms with Crippen molar-refractivity contribution < 1.29 is 0 Å². The first kappa shape index (κ1) is 26.6. The third-order valence-electron chi connectivity index (χ3n) is 17.9. The Morgan fingerprint density at radius 1 is 0.440 bits per heavy atom. The Morgan fingerprint density at radius 3 is 1.66 bits per heavy atom. The van der Waals surface area contributed by atoms with E-state index in [9.17, 15) is 0 Å². The number of aromatic nitrogens is 2. The Labute approximate surface area is 294 Å². The van der Waals surface area contributed by atoms with Crippen LogP contribution in [-0.4, -0.2) is 9.38 Å². The van der Waals surface area contributed by atoms with E-state index in [0.29, 0.717) is 11.8 Å². The van der Waals surface area contributed by atoms with E-state index in [1.807, 2.05) is 0 Å². The summed E-state index contributed by atoms with van der Waals surface area (Å²) in [6, 6.07) is 13.6. The summed E-state index contributed by atoms with van der Waals surface area (Å²) in [7, 11) is 0. The van der Waals surface area contributed by atoms with Gasteiger partial charge in [-0.3, -0.25) is 4.98 Å². The van der Waals surface area contributed by atoms with Crippen molar-refractivity contribution in [2.24, 2.45) is 35.5 Å². The van der Waals surface area contributed by atoms with Gasteiger partial charge in [0.15, 0.2) is 0 Å². The Kier molecular flexibility index (Phi) is 4.65. The zero-order chi connectivity index (χ0) is 31.7. The first-order valence-electron chi connectivity index (χ1n) is 21.3. The molecule has 0 spiro atoms. The van der Waals surface area contributed by atoms with Crippen LogP contribution in [0.15, 0.2) is 36.5 Å². The second-order valence-corrected chi connectivity index (χ2v) is 20.4. The zero-order valence-electron chi connectivity index (χ0n) is 29.4. The van der Waals surface area contributed by atoms with E-state index >= 15 is 0 Å². The van der Waals surface area contributed by atoms with Crippen LogP contribution in [0, 0.1) is 35.5 Å². The fourth-order valence-corrected chi connectivity index (χ4v) is 16.8. The first-order chi connectivity index (χ1) is 24.7. The van der Waals surface area contributed by atoms with Crippen LogP contribution in [0.1, 0.15) is 165 Å². The minimum absolute atomic E-state index is 0.678. The van der Waals surface area contributed by atoms with Crippen LogP contribution >= 0.6 is 0 Å². The second kappa shape index (κ2) is 8.73. The van der Waals surface area contributed by atoms with Crippen molar-refractivity contribution in [3.05, 3.63) is 70.0 Å². The molecule has 0 amide bonds. The predicted octanol–water partition coefficient (Wildman–Crippen LogP) is 12.6. The molecule has 3 heterocycles. The smallest absolute Gasteiger partial charge is 0.0728 e. The van der Waals surface area contributed by atoms with Crippen molar-refractivity contribution in [3.63, 3.8) is 0 Å². The van der Waals surface area contributed by atoms with Crippen molar-refractivity contribution >= 4 is 48.9 Å². The van der Waals surface area contributed by atoms with E-state index in [1.165, 1.54) is 113 Å². The number of hydrogen-bond acceptors (Lipinski definition) is 1. The van der Waals surface area contributed by atoms with Crippen LogP contribution in [0.5, 0.6) is 0 Å². The molecule has 2 heteroatoms. The van der Waals surface area contributed by atoms with Crippen LogP contribution in [0.4, 0.5) is 0 Å². The fraction of sp³-hybridized carbons (Fsp3) is 0.562. The quantitative estimate of drug-likeness (QED) is 0.160. The van der Waals surface area contributed by atoms with Gasteiger partial charge in [0.05, 0.1) is 22.7 Å². The van der Waals surface area contributed by atoms with Crippen molar-refractivity contribution in [1.82, 2.24) is 9.38 Å². The normalized spacial score (nSPS) is 40.0. The highest BCUT2D eigenvalue weighted by Crippen LogP contribution is 2.62. The van der Waals surface area contributed by atoms with E-state index in [0.717, 1.165) is 59.2 Å². The number of rotatable bonds is 0. The van der Waals surface area contributed by atoms with E-state index in [1.54, 1.807) is 65.7 Å². The van der Waals surface area contributed by atoms with Gasteiger partial charge in [-0.2, -0.15) is 0 Å². The molecule has 250 valence electrons. The summed E-state index contributed by atoms with van der Waals surface area (Å²) in [5.41, 5.74) is 14.8. The SMILES string of the molecule is c1cc2c(c3c1C1CC4CC(C1)CC3C4)c1cc3cc4c(cc3c3c5c6c(ncc5n2c13)C1CC2CC(C1)CC6C2)C1CC2CC(CC4C2)C1. The summed E-state index contributed by atoms with van der Waals surface area (Å²) in [4.78, 5) is 5.57. The van der Waals surface area contributed by atoms with Crippen molar-refractivity contribution in [3.8, 4) is 0 Å². The van der Waals surface area contributed by atoms with Gasteiger partial charge < -0.3 is 4.40 Å². The van der Waals surface area contributed by atoms with Gasteiger partial charge >= 0.3 is 0 Å². The molecule has 6 fully saturated rings. The molecule has 2 nitrogen and oxygen atoms in total. The lowest BCUT2D eigenvalue weighted by atomic mass is 9.67. The van der Waals surface area contributed by atoms with Crippen molar-refractivity contribution in [1.29, 1.82) is 0 Å². The molecule has 12 aliphatic carbocycles. The van der Waals surface area contributed by atoms with Crippen molar-refractivity contribution in [2.75, 3.05) is 0 Å². The van der Waals surface area contributed by atoms with Gasteiger partial charge in [0.25, 0.3) is 0 Å². The summed E-state index contributed by atoms with van der Waals surface area (Å²) >= 11 is 0. The van der Waals surface area contributed by atoms with Crippen LogP contribution in [-0.2, 0) is 0 Å². The largest absolute Gasteiger partial charge is 0.306 e. The van der Waals surface area contributed by atoms with Gasteiger partial charge in [0.1, 0.15) is 0 Å². The van der Waals surface area contributed by atoms with Gasteiger partial charge in [-0.05, 0) is 218 Å². The predicted molar refractivity (Wildman–Crippen MR) is 203 cm³/mol. The van der Waals surface area contributed by atoms with Crippen LogP contribution in [0.2, 0.25) is 0 Å². The van der Waals surface area contributed by atoms with E-state index in [4.69, 9.17) is 4.98 Å². The molecule has 6 unspecified atom stereocenters. The Balaban J connectivity index is 1.13.